The molecule has 100 valence electrons. The second-order valence-corrected chi connectivity index (χ2v) is 5.54. The maximum absolute atomic E-state index is 5.98. The van der Waals surface area contributed by atoms with Gasteiger partial charge in [-0.1, -0.05) is 31.2 Å². The predicted molar refractivity (Wildman–Crippen MR) is 77.1 cm³/mol. The van der Waals surface area contributed by atoms with Crippen LogP contribution in [0.2, 0.25) is 0 Å². The number of fused-ring (bicyclic) bond motifs is 1. The SMILES string of the molecule is CCC(N)Cc1cnn(CC2Cc3ccccc32)c1. The number of nitrogens with two attached hydrogens (primary N) is 1. The molecule has 0 aliphatic heterocycles. The van der Waals surface area contributed by atoms with Crippen molar-refractivity contribution in [3.05, 3.63) is 53.3 Å². The Labute approximate surface area is 114 Å². The Hall–Kier alpha value is -1.61. The van der Waals surface area contributed by atoms with Gasteiger partial charge in [-0.3, -0.25) is 4.68 Å². The summed E-state index contributed by atoms with van der Waals surface area (Å²) in [4.78, 5) is 0. The van der Waals surface area contributed by atoms with Crippen molar-refractivity contribution in [1.29, 1.82) is 0 Å². The molecule has 2 atom stereocenters. The summed E-state index contributed by atoms with van der Waals surface area (Å²) >= 11 is 0. The molecule has 2 N–H and O–H groups in total. The number of hydrogen-bond donors (Lipinski definition) is 1. The van der Waals surface area contributed by atoms with Crippen LogP contribution in [0, 0.1) is 0 Å². The molecule has 0 radical (unpaired) electrons. The van der Waals surface area contributed by atoms with Gasteiger partial charge < -0.3 is 5.73 Å². The summed E-state index contributed by atoms with van der Waals surface area (Å²) in [6, 6.07) is 8.95. The molecule has 1 aliphatic carbocycles. The maximum atomic E-state index is 5.98. The van der Waals surface area contributed by atoms with E-state index < -0.39 is 0 Å². The highest BCUT2D eigenvalue weighted by Gasteiger charge is 2.25. The normalized spacial score (nSPS) is 18.7. The number of aromatic nitrogens is 2. The van der Waals surface area contributed by atoms with Crippen molar-refractivity contribution >= 4 is 0 Å². The first-order chi connectivity index (χ1) is 9.26. The van der Waals surface area contributed by atoms with E-state index in [2.05, 4.69) is 47.2 Å². The van der Waals surface area contributed by atoms with Crippen molar-refractivity contribution in [1.82, 2.24) is 9.78 Å². The van der Waals surface area contributed by atoms with Gasteiger partial charge in [0.1, 0.15) is 0 Å². The van der Waals surface area contributed by atoms with Gasteiger partial charge >= 0.3 is 0 Å². The summed E-state index contributed by atoms with van der Waals surface area (Å²) in [5.41, 5.74) is 10.2. The third-order valence-electron chi connectivity index (χ3n) is 4.08. The fourth-order valence-corrected chi connectivity index (χ4v) is 2.81. The molecule has 0 bridgehead atoms. The molecule has 1 aromatic carbocycles. The van der Waals surface area contributed by atoms with Crippen LogP contribution in [0.1, 0.15) is 36.0 Å². The van der Waals surface area contributed by atoms with Crippen molar-refractivity contribution in [2.24, 2.45) is 5.73 Å². The summed E-state index contributed by atoms with van der Waals surface area (Å²) in [5, 5.41) is 4.46. The first-order valence-corrected chi connectivity index (χ1v) is 7.11. The smallest absolute Gasteiger partial charge is 0.0522 e. The number of nitrogens with zero attached hydrogens (tertiary/aromatic N) is 2. The fraction of sp³-hybridized carbons (Fsp3) is 0.438. The van der Waals surface area contributed by atoms with Gasteiger partial charge in [-0.05, 0) is 36.0 Å². The van der Waals surface area contributed by atoms with Gasteiger partial charge in [-0.25, -0.2) is 0 Å². The quantitative estimate of drug-likeness (QED) is 0.892. The van der Waals surface area contributed by atoms with Crippen LogP contribution in [-0.4, -0.2) is 15.8 Å². The zero-order valence-corrected chi connectivity index (χ0v) is 11.4. The van der Waals surface area contributed by atoms with Gasteiger partial charge in [-0.2, -0.15) is 5.10 Å². The lowest BCUT2D eigenvalue weighted by Crippen LogP contribution is -2.22. The minimum Gasteiger partial charge on any atom is -0.327 e. The van der Waals surface area contributed by atoms with E-state index in [1.807, 2.05) is 6.20 Å². The van der Waals surface area contributed by atoms with Crippen LogP contribution in [0.5, 0.6) is 0 Å². The van der Waals surface area contributed by atoms with E-state index in [-0.39, 0.29) is 6.04 Å². The Kier molecular flexibility index (Phi) is 3.38. The van der Waals surface area contributed by atoms with Gasteiger partial charge in [0.05, 0.1) is 6.20 Å². The van der Waals surface area contributed by atoms with Crippen molar-refractivity contribution in [2.75, 3.05) is 0 Å². The third kappa shape index (κ3) is 2.56. The molecule has 0 fully saturated rings. The zero-order valence-electron chi connectivity index (χ0n) is 11.4. The van der Waals surface area contributed by atoms with Crippen LogP contribution in [0.15, 0.2) is 36.7 Å². The van der Waals surface area contributed by atoms with Crippen LogP contribution in [0.25, 0.3) is 0 Å². The average molecular weight is 255 g/mol. The highest BCUT2D eigenvalue weighted by Crippen LogP contribution is 2.35. The summed E-state index contributed by atoms with van der Waals surface area (Å²) < 4.78 is 2.07. The minimum absolute atomic E-state index is 0.252. The molecule has 2 aromatic rings. The fourth-order valence-electron chi connectivity index (χ4n) is 2.81. The van der Waals surface area contributed by atoms with Crippen molar-refractivity contribution in [3.63, 3.8) is 0 Å². The summed E-state index contributed by atoms with van der Waals surface area (Å²) in [6.07, 6.45) is 7.23. The van der Waals surface area contributed by atoms with E-state index in [4.69, 9.17) is 5.73 Å². The predicted octanol–water partition coefficient (Wildman–Crippen LogP) is 2.50. The molecule has 0 amide bonds. The lowest BCUT2D eigenvalue weighted by Gasteiger charge is -2.29. The van der Waals surface area contributed by atoms with Gasteiger partial charge in [0.15, 0.2) is 0 Å². The van der Waals surface area contributed by atoms with Gasteiger partial charge in [0.25, 0.3) is 0 Å². The molecule has 0 spiro atoms. The van der Waals surface area contributed by atoms with Crippen LogP contribution in [-0.2, 0) is 19.4 Å². The van der Waals surface area contributed by atoms with Crippen LogP contribution >= 0.6 is 0 Å². The summed E-state index contributed by atoms with van der Waals surface area (Å²) in [5.74, 6) is 0.629. The van der Waals surface area contributed by atoms with E-state index >= 15 is 0 Å². The molecular weight excluding hydrogens is 234 g/mol. The first kappa shape index (κ1) is 12.4. The molecule has 1 aliphatic rings. The molecule has 1 aromatic heterocycles. The van der Waals surface area contributed by atoms with E-state index in [9.17, 15) is 0 Å². The second-order valence-electron chi connectivity index (χ2n) is 5.54. The van der Waals surface area contributed by atoms with E-state index in [1.54, 1.807) is 0 Å². The maximum Gasteiger partial charge on any atom is 0.0522 e. The van der Waals surface area contributed by atoms with E-state index in [1.165, 1.54) is 23.1 Å². The molecule has 0 saturated heterocycles. The molecule has 3 nitrogen and oxygen atoms in total. The molecule has 19 heavy (non-hydrogen) atoms. The summed E-state index contributed by atoms with van der Waals surface area (Å²) in [7, 11) is 0. The first-order valence-electron chi connectivity index (χ1n) is 7.11. The molecule has 1 heterocycles. The second kappa shape index (κ2) is 5.17. The van der Waals surface area contributed by atoms with Crippen LogP contribution in [0.3, 0.4) is 0 Å². The van der Waals surface area contributed by atoms with Crippen molar-refractivity contribution < 1.29 is 0 Å². The van der Waals surface area contributed by atoms with Crippen LogP contribution in [0.4, 0.5) is 0 Å². The zero-order chi connectivity index (χ0) is 13.2. The molecule has 0 saturated carbocycles. The molecule has 3 heteroatoms. The highest BCUT2D eigenvalue weighted by molar-refractivity contribution is 5.39. The van der Waals surface area contributed by atoms with E-state index in [0.717, 1.165) is 19.4 Å². The standard InChI is InChI=1S/C16H21N3/c1-2-15(17)7-12-9-18-19(10-12)11-14-8-13-5-3-4-6-16(13)14/h3-6,9-10,14-15H,2,7-8,11,17H2,1H3. The Morgan fingerprint density at radius 3 is 3.05 bits per heavy atom. The Balaban J connectivity index is 1.63. The Morgan fingerprint density at radius 2 is 2.26 bits per heavy atom. The number of hydrogen-bond acceptors (Lipinski definition) is 2. The lowest BCUT2D eigenvalue weighted by molar-refractivity contribution is 0.474. The third-order valence-corrected chi connectivity index (χ3v) is 4.08. The highest BCUT2D eigenvalue weighted by atomic mass is 15.3. The number of benzene rings is 1. The molecule has 3 rings (SSSR count). The number of rotatable bonds is 5. The van der Waals surface area contributed by atoms with Crippen molar-refractivity contribution in [3.8, 4) is 0 Å². The average Bonchev–Trinajstić information content (AvgIpc) is 2.83. The monoisotopic (exact) mass is 255 g/mol. The molecular formula is C16H21N3. The minimum atomic E-state index is 0.252. The largest absolute Gasteiger partial charge is 0.327 e. The van der Waals surface area contributed by atoms with Gasteiger partial charge in [0.2, 0.25) is 0 Å². The topological polar surface area (TPSA) is 43.8 Å². The van der Waals surface area contributed by atoms with Gasteiger partial charge in [-0.15, -0.1) is 0 Å². The van der Waals surface area contributed by atoms with Crippen LogP contribution < -0.4 is 5.73 Å². The molecule has 2 unspecified atom stereocenters. The Bertz CT molecular complexity index is 559. The van der Waals surface area contributed by atoms with E-state index in [0.29, 0.717) is 5.92 Å². The van der Waals surface area contributed by atoms with Gasteiger partial charge in [0, 0.05) is 24.7 Å². The Morgan fingerprint density at radius 1 is 1.42 bits per heavy atom. The van der Waals surface area contributed by atoms with Crippen molar-refractivity contribution in [2.45, 2.75) is 44.7 Å². The summed E-state index contributed by atoms with van der Waals surface area (Å²) in [6.45, 7) is 3.11. The lowest BCUT2D eigenvalue weighted by atomic mass is 9.78.